The molecule has 2 N–H and O–H groups in total. The van der Waals surface area contributed by atoms with E-state index < -0.39 is 0 Å². The minimum atomic E-state index is -0.122. The highest BCUT2D eigenvalue weighted by Crippen LogP contribution is 2.38. The fraction of sp³-hybridized carbons (Fsp3) is 0.333. The Morgan fingerprint density at radius 2 is 1.88 bits per heavy atom. The third-order valence-corrected chi connectivity index (χ3v) is 4.62. The van der Waals surface area contributed by atoms with E-state index in [9.17, 15) is 9.59 Å². The SMILES string of the molecule is Cc1cccc(CCNC(=O)c2cccc(NC(=O)C3CC3C)c2)c1. The second kappa shape index (κ2) is 7.51. The van der Waals surface area contributed by atoms with Gasteiger partial charge >= 0.3 is 0 Å². The topological polar surface area (TPSA) is 58.2 Å². The van der Waals surface area contributed by atoms with Crippen molar-refractivity contribution in [3.8, 4) is 0 Å². The van der Waals surface area contributed by atoms with Gasteiger partial charge in [-0.2, -0.15) is 0 Å². The standard InChI is InChI=1S/C21H24N2O2/c1-14-5-3-6-16(11-14)9-10-22-20(24)17-7-4-8-18(13-17)23-21(25)19-12-15(19)2/h3-8,11,13,15,19H,9-10,12H2,1-2H3,(H,22,24)(H,23,25). The largest absolute Gasteiger partial charge is 0.352 e. The van der Waals surface area contributed by atoms with Crippen LogP contribution in [0.2, 0.25) is 0 Å². The molecule has 2 aromatic rings. The number of nitrogens with one attached hydrogen (secondary N) is 2. The molecule has 1 aliphatic rings. The highest BCUT2D eigenvalue weighted by Gasteiger charge is 2.39. The Morgan fingerprint density at radius 1 is 1.12 bits per heavy atom. The van der Waals surface area contributed by atoms with Crippen LogP contribution in [-0.2, 0) is 11.2 Å². The smallest absolute Gasteiger partial charge is 0.251 e. The second-order valence-corrected chi connectivity index (χ2v) is 6.88. The molecular formula is C21H24N2O2. The fourth-order valence-corrected chi connectivity index (χ4v) is 2.95. The van der Waals surface area contributed by atoms with Crippen molar-refractivity contribution in [3.05, 3.63) is 65.2 Å². The first-order chi connectivity index (χ1) is 12.0. The Morgan fingerprint density at radius 3 is 2.60 bits per heavy atom. The second-order valence-electron chi connectivity index (χ2n) is 6.88. The number of hydrogen-bond acceptors (Lipinski definition) is 2. The first kappa shape index (κ1) is 17.2. The molecule has 1 saturated carbocycles. The lowest BCUT2D eigenvalue weighted by Crippen LogP contribution is -2.26. The highest BCUT2D eigenvalue weighted by atomic mass is 16.2. The van der Waals surface area contributed by atoms with Crippen LogP contribution in [0.15, 0.2) is 48.5 Å². The predicted molar refractivity (Wildman–Crippen MR) is 99.6 cm³/mol. The molecule has 4 heteroatoms. The van der Waals surface area contributed by atoms with Crippen LogP contribution >= 0.6 is 0 Å². The molecule has 0 bridgehead atoms. The molecule has 0 heterocycles. The lowest BCUT2D eigenvalue weighted by molar-refractivity contribution is -0.117. The lowest BCUT2D eigenvalue weighted by atomic mass is 10.1. The van der Waals surface area contributed by atoms with Crippen molar-refractivity contribution in [1.29, 1.82) is 0 Å². The van der Waals surface area contributed by atoms with E-state index in [0.717, 1.165) is 12.8 Å². The van der Waals surface area contributed by atoms with Gasteiger partial charge in [0.05, 0.1) is 0 Å². The molecule has 0 aromatic heterocycles. The van der Waals surface area contributed by atoms with Gasteiger partial charge < -0.3 is 10.6 Å². The molecule has 0 saturated heterocycles. The number of amides is 2. The molecule has 0 aliphatic heterocycles. The predicted octanol–water partition coefficient (Wildman–Crippen LogP) is 3.56. The van der Waals surface area contributed by atoms with Crippen molar-refractivity contribution in [2.45, 2.75) is 26.7 Å². The molecule has 1 fully saturated rings. The average molecular weight is 336 g/mol. The molecule has 2 aromatic carbocycles. The van der Waals surface area contributed by atoms with Gasteiger partial charge in [0.1, 0.15) is 0 Å². The summed E-state index contributed by atoms with van der Waals surface area (Å²) in [6.45, 7) is 4.71. The van der Waals surface area contributed by atoms with E-state index in [1.807, 2.05) is 12.1 Å². The zero-order valence-corrected chi connectivity index (χ0v) is 14.7. The van der Waals surface area contributed by atoms with Crippen molar-refractivity contribution in [2.24, 2.45) is 11.8 Å². The number of anilines is 1. The molecule has 0 radical (unpaired) electrons. The zero-order chi connectivity index (χ0) is 17.8. The van der Waals surface area contributed by atoms with Crippen molar-refractivity contribution in [1.82, 2.24) is 5.32 Å². The van der Waals surface area contributed by atoms with Gasteiger partial charge in [-0.1, -0.05) is 42.8 Å². The van der Waals surface area contributed by atoms with E-state index in [4.69, 9.17) is 0 Å². The minimum Gasteiger partial charge on any atom is -0.352 e. The number of benzene rings is 2. The summed E-state index contributed by atoms with van der Waals surface area (Å²) in [5, 5.41) is 5.84. The molecule has 25 heavy (non-hydrogen) atoms. The van der Waals surface area contributed by atoms with Gasteiger partial charge in [0.2, 0.25) is 5.91 Å². The molecule has 2 amide bonds. The Labute approximate surface area is 148 Å². The summed E-state index contributed by atoms with van der Waals surface area (Å²) >= 11 is 0. The molecule has 130 valence electrons. The maximum Gasteiger partial charge on any atom is 0.251 e. The monoisotopic (exact) mass is 336 g/mol. The van der Waals surface area contributed by atoms with Crippen LogP contribution in [0.3, 0.4) is 0 Å². The summed E-state index contributed by atoms with van der Waals surface area (Å²) in [6.07, 6.45) is 1.74. The third-order valence-electron chi connectivity index (χ3n) is 4.62. The summed E-state index contributed by atoms with van der Waals surface area (Å²) in [5.74, 6) is 0.507. The maximum absolute atomic E-state index is 12.3. The number of carbonyl (C=O) groups is 2. The molecule has 2 unspecified atom stereocenters. The lowest BCUT2D eigenvalue weighted by Gasteiger charge is -2.09. The van der Waals surface area contributed by atoms with E-state index >= 15 is 0 Å². The van der Waals surface area contributed by atoms with Crippen LogP contribution < -0.4 is 10.6 Å². The van der Waals surface area contributed by atoms with Crippen LogP contribution in [0.1, 0.15) is 34.8 Å². The van der Waals surface area contributed by atoms with Gasteiger partial charge in [-0.05, 0) is 49.4 Å². The van der Waals surface area contributed by atoms with E-state index in [1.165, 1.54) is 11.1 Å². The summed E-state index contributed by atoms with van der Waals surface area (Å²) < 4.78 is 0. The first-order valence-electron chi connectivity index (χ1n) is 8.77. The van der Waals surface area contributed by atoms with Crippen LogP contribution in [0.5, 0.6) is 0 Å². The molecule has 0 spiro atoms. The van der Waals surface area contributed by atoms with Gasteiger partial charge in [0, 0.05) is 23.7 Å². The fourth-order valence-electron chi connectivity index (χ4n) is 2.95. The minimum absolute atomic E-state index is 0.0458. The van der Waals surface area contributed by atoms with Gasteiger partial charge in [0.25, 0.3) is 5.91 Å². The summed E-state index contributed by atoms with van der Waals surface area (Å²) in [7, 11) is 0. The van der Waals surface area contributed by atoms with Crippen molar-refractivity contribution < 1.29 is 9.59 Å². The molecule has 3 rings (SSSR count). The number of aryl methyl sites for hydroxylation is 1. The van der Waals surface area contributed by atoms with E-state index in [0.29, 0.717) is 23.7 Å². The summed E-state index contributed by atoms with van der Waals surface area (Å²) in [4.78, 5) is 24.3. The van der Waals surface area contributed by atoms with E-state index in [1.54, 1.807) is 18.2 Å². The van der Waals surface area contributed by atoms with Gasteiger partial charge in [-0.3, -0.25) is 9.59 Å². The Kier molecular flexibility index (Phi) is 5.17. The highest BCUT2D eigenvalue weighted by molar-refractivity contribution is 5.98. The van der Waals surface area contributed by atoms with E-state index in [-0.39, 0.29) is 17.7 Å². The van der Waals surface area contributed by atoms with Gasteiger partial charge in [0.15, 0.2) is 0 Å². The zero-order valence-electron chi connectivity index (χ0n) is 14.7. The molecule has 1 aliphatic carbocycles. The van der Waals surface area contributed by atoms with E-state index in [2.05, 4.69) is 42.7 Å². The Balaban J connectivity index is 1.53. The molecule has 4 nitrogen and oxygen atoms in total. The normalized spacial score (nSPS) is 18.5. The molecular weight excluding hydrogens is 312 g/mol. The van der Waals surface area contributed by atoms with Gasteiger partial charge in [-0.25, -0.2) is 0 Å². The van der Waals surface area contributed by atoms with Crippen molar-refractivity contribution in [3.63, 3.8) is 0 Å². The van der Waals surface area contributed by atoms with Crippen LogP contribution in [0, 0.1) is 18.8 Å². The van der Waals surface area contributed by atoms with Crippen molar-refractivity contribution >= 4 is 17.5 Å². The number of hydrogen-bond donors (Lipinski definition) is 2. The maximum atomic E-state index is 12.3. The number of rotatable bonds is 6. The van der Waals surface area contributed by atoms with Gasteiger partial charge in [-0.15, -0.1) is 0 Å². The summed E-state index contributed by atoms with van der Waals surface area (Å²) in [5.41, 5.74) is 3.67. The Hall–Kier alpha value is -2.62. The third kappa shape index (κ3) is 4.69. The summed E-state index contributed by atoms with van der Waals surface area (Å²) in [6, 6.07) is 15.4. The number of carbonyl (C=O) groups excluding carboxylic acids is 2. The first-order valence-corrected chi connectivity index (χ1v) is 8.77. The van der Waals surface area contributed by atoms with Crippen molar-refractivity contribution in [2.75, 3.05) is 11.9 Å². The average Bonchev–Trinajstić information content (AvgIpc) is 3.32. The van der Waals surface area contributed by atoms with Crippen LogP contribution in [0.4, 0.5) is 5.69 Å². The van der Waals surface area contributed by atoms with Crippen LogP contribution in [0.25, 0.3) is 0 Å². The Bertz CT molecular complexity index is 785. The quantitative estimate of drug-likeness (QED) is 0.847. The molecule has 2 atom stereocenters. The van der Waals surface area contributed by atoms with Crippen LogP contribution in [-0.4, -0.2) is 18.4 Å².